The summed E-state index contributed by atoms with van der Waals surface area (Å²) in [7, 11) is 1.98. The lowest BCUT2D eigenvalue weighted by Gasteiger charge is -2.41. The van der Waals surface area contributed by atoms with Gasteiger partial charge in [0.05, 0.1) is 5.54 Å². The molecular formula is C20H22N2OS2. The molecule has 3 nitrogen and oxygen atoms in total. The smallest absolute Gasteiger partial charge is 0.252 e. The fourth-order valence-electron chi connectivity index (χ4n) is 3.08. The van der Waals surface area contributed by atoms with Crippen LogP contribution in [0.15, 0.2) is 60.7 Å². The van der Waals surface area contributed by atoms with Crippen molar-refractivity contribution >= 4 is 40.6 Å². The van der Waals surface area contributed by atoms with E-state index in [9.17, 15) is 4.79 Å². The Morgan fingerprint density at radius 2 is 1.60 bits per heavy atom. The number of thioether (sulfide) groups is 1. The van der Waals surface area contributed by atoms with E-state index in [4.69, 9.17) is 12.2 Å². The molecule has 0 unspecified atom stereocenters. The van der Waals surface area contributed by atoms with Gasteiger partial charge in [-0.25, -0.2) is 0 Å². The van der Waals surface area contributed by atoms with Gasteiger partial charge in [0.25, 0.3) is 5.91 Å². The van der Waals surface area contributed by atoms with Crippen molar-refractivity contribution in [3.63, 3.8) is 0 Å². The van der Waals surface area contributed by atoms with E-state index in [1.165, 1.54) is 0 Å². The van der Waals surface area contributed by atoms with Crippen LogP contribution in [-0.4, -0.2) is 35.0 Å². The number of hydrogen-bond donors (Lipinski definition) is 1. The van der Waals surface area contributed by atoms with Crippen LogP contribution in [0.4, 0.5) is 5.69 Å². The average molecular weight is 371 g/mol. The number of benzene rings is 2. The zero-order valence-corrected chi connectivity index (χ0v) is 15.9. The van der Waals surface area contributed by atoms with E-state index >= 15 is 0 Å². The molecule has 130 valence electrons. The van der Waals surface area contributed by atoms with E-state index in [1.54, 1.807) is 0 Å². The number of anilines is 1. The number of carbonyl (C=O) groups excluding carboxylic acids is 1. The van der Waals surface area contributed by atoms with Crippen molar-refractivity contribution in [3.05, 3.63) is 66.2 Å². The molecule has 0 aromatic heterocycles. The van der Waals surface area contributed by atoms with Gasteiger partial charge in [-0.2, -0.15) is 11.8 Å². The molecule has 0 aliphatic carbocycles. The normalized spacial score (nSPS) is 16.0. The fourth-order valence-corrected chi connectivity index (χ4v) is 4.63. The number of nitrogens with zero attached hydrogens (tertiary/aromatic N) is 1. The predicted octanol–water partition coefficient (Wildman–Crippen LogP) is 4.15. The summed E-state index contributed by atoms with van der Waals surface area (Å²) in [6, 6.07) is 19.4. The summed E-state index contributed by atoms with van der Waals surface area (Å²) in [6.45, 7) is 0. The maximum Gasteiger partial charge on any atom is 0.252 e. The average Bonchev–Trinajstić information content (AvgIpc) is 2.69. The highest BCUT2D eigenvalue weighted by Gasteiger charge is 2.40. The van der Waals surface area contributed by atoms with Crippen LogP contribution in [0.1, 0.15) is 23.2 Å². The van der Waals surface area contributed by atoms with E-state index < -0.39 is 5.54 Å². The monoisotopic (exact) mass is 370 g/mol. The van der Waals surface area contributed by atoms with Gasteiger partial charge in [-0.1, -0.05) is 48.6 Å². The first-order valence-electron chi connectivity index (χ1n) is 8.41. The van der Waals surface area contributed by atoms with E-state index in [-0.39, 0.29) is 5.91 Å². The first-order valence-corrected chi connectivity index (χ1v) is 9.97. The van der Waals surface area contributed by atoms with Crippen LogP contribution >= 0.6 is 24.0 Å². The molecule has 1 aliphatic heterocycles. The SMILES string of the molecule is CN(C(=S)C1(NC(=O)c2ccccc2)CCSCC1)c1ccccc1. The minimum absolute atomic E-state index is 0.0590. The van der Waals surface area contributed by atoms with Crippen molar-refractivity contribution in [2.45, 2.75) is 18.4 Å². The van der Waals surface area contributed by atoms with Crippen LogP contribution in [0, 0.1) is 0 Å². The summed E-state index contributed by atoms with van der Waals surface area (Å²) < 4.78 is 0. The molecule has 1 heterocycles. The third-order valence-electron chi connectivity index (χ3n) is 4.59. The molecule has 1 N–H and O–H groups in total. The second-order valence-electron chi connectivity index (χ2n) is 6.21. The topological polar surface area (TPSA) is 32.3 Å². The molecule has 1 saturated heterocycles. The number of nitrogens with one attached hydrogen (secondary N) is 1. The van der Waals surface area contributed by atoms with Gasteiger partial charge in [0.2, 0.25) is 0 Å². The Bertz CT molecular complexity index is 728. The lowest BCUT2D eigenvalue weighted by molar-refractivity contribution is 0.0920. The third kappa shape index (κ3) is 4.05. The molecule has 0 saturated carbocycles. The van der Waals surface area contributed by atoms with Crippen LogP contribution in [0.3, 0.4) is 0 Å². The largest absolute Gasteiger partial charge is 0.340 e. The number of amides is 1. The molecule has 1 aliphatic rings. The van der Waals surface area contributed by atoms with Gasteiger partial charge in [-0.3, -0.25) is 4.79 Å². The number of likely N-dealkylation sites (N-methyl/N-ethyl adjacent to an activating group) is 1. The van der Waals surface area contributed by atoms with Crippen LogP contribution in [0.2, 0.25) is 0 Å². The third-order valence-corrected chi connectivity index (χ3v) is 6.24. The van der Waals surface area contributed by atoms with Crippen LogP contribution in [0.25, 0.3) is 0 Å². The summed E-state index contributed by atoms with van der Waals surface area (Å²) >= 11 is 7.78. The number of thiocarbonyl (C=S) groups is 1. The lowest BCUT2D eigenvalue weighted by atomic mass is 9.90. The zero-order valence-electron chi connectivity index (χ0n) is 14.3. The molecular weight excluding hydrogens is 348 g/mol. The highest BCUT2D eigenvalue weighted by Crippen LogP contribution is 2.31. The van der Waals surface area contributed by atoms with Crippen molar-refractivity contribution in [3.8, 4) is 0 Å². The van der Waals surface area contributed by atoms with Gasteiger partial charge >= 0.3 is 0 Å². The Hall–Kier alpha value is -1.85. The first kappa shape index (κ1) is 18.0. The Morgan fingerprint density at radius 3 is 2.20 bits per heavy atom. The Labute approximate surface area is 158 Å². The van der Waals surface area contributed by atoms with Crippen LogP contribution < -0.4 is 10.2 Å². The van der Waals surface area contributed by atoms with Crippen molar-refractivity contribution in [1.29, 1.82) is 0 Å². The Kier molecular flexibility index (Phi) is 5.76. The lowest BCUT2D eigenvalue weighted by Crippen LogP contribution is -2.60. The Balaban J connectivity index is 1.85. The quantitative estimate of drug-likeness (QED) is 0.820. The van der Waals surface area contributed by atoms with E-state index in [0.717, 1.165) is 35.0 Å². The van der Waals surface area contributed by atoms with Crippen LogP contribution in [-0.2, 0) is 0 Å². The molecule has 0 bridgehead atoms. The molecule has 25 heavy (non-hydrogen) atoms. The van der Waals surface area contributed by atoms with Gasteiger partial charge in [0.15, 0.2) is 0 Å². The van der Waals surface area contributed by atoms with Crippen molar-refractivity contribution in [2.24, 2.45) is 0 Å². The Morgan fingerprint density at radius 1 is 1.04 bits per heavy atom. The predicted molar refractivity (Wildman–Crippen MR) is 111 cm³/mol. The number of rotatable bonds is 4. The highest BCUT2D eigenvalue weighted by molar-refractivity contribution is 7.99. The van der Waals surface area contributed by atoms with Gasteiger partial charge in [-0.05, 0) is 48.6 Å². The summed E-state index contributed by atoms with van der Waals surface area (Å²) in [5.74, 6) is 1.94. The van der Waals surface area contributed by atoms with E-state index in [2.05, 4.69) is 5.32 Å². The van der Waals surface area contributed by atoms with Gasteiger partial charge in [0.1, 0.15) is 4.99 Å². The molecule has 0 atom stereocenters. The minimum Gasteiger partial charge on any atom is -0.340 e. The minimum atomic E-state index is -0.474. The van der Waals surface area contributed by atoms with Crippen molar-refractivity contribution in [1.82, 2.24) is 5.32 Å². The molecule has 0 spiro atoms. The maximum atomic E-state index is 12.8. The molecule has 5 heteroatoms. The standard InChI is InChI=1S/C20H22N2OS2/c1-22(17-10-6-3-7-11-17)19(24)20(12-14-25-15-13-20)21-18(23)16-8-4-2-5-9-16/h2-11H,12-15H2,1H3,(H,21,23). The summed E-state index contributed by atoms with van der Waals surface area (Å²) in [5, 5.41) is 3.26. The first-order chi connectivity index (χ1) is 12.1. The molecule has 1 amide bonds. The molecule has 1 fully saturated rings. The number of para-hydroxylation sites is 1. The second kappa shape index (κ2) is 8.02. The van der Waals surface area contributed by atoms with Crippen molar-refractivity contribution in [2.75, 3.05) is 23.5 Å². The summed E-state index contributed by atoms with van der Waals surface area (Å²) in [5.41, 5.74) is 1.24. The van der Waals surface area contributed by atoms with E-state index in [1.807, 2.05) is 84.4 Å². The number of carbonyl (C=O) groups is 1. The van der Waals surface area contributed by atoms with Gasteiger partial charge < -0.3 is 10.2 Å². The summed E-state index contributed by atoms with van der Waals surface area (Å²) in [6.07, 6.45) is 1.71. The highest BCUT2D eigenvalue weighted by atomic mass is 32.2. The number of hydrogen-bond acceptors (Lipinski definition) is 3. The fraction of sp³-hybridized carbons (Fsp3) is 0.300. The molecule has 3 rings (SSSR count). The molecule has 0 radical (unpaired) electrons. The van der Waals surface area contributed by atoms with E-state index in [0.29, 0.717) is 5.56 Å². The molecule has 2 aromatic rings. The van der Waals surface area contributed by atoms with Gasteiger partial charge in [0, 0.05) is 18.3 Å². The second-order valence-corrected chi connectivity index (χ2v) is 7.83. The summed E-state index contributed by atoms with van der Waals surface area (Å²) in [4.78, 5) is 15.6. The van der Waals surface area contributed by atoms with Crippen molar-refractivity contribution < 1.29 is 4.79 Å². The van der Waals surface area contributed by atoms with Gasteiger partial charge in [-0.15, -0.1) is 0 Å². The zero-order chi connectivity index (χ0) is 17.7. The van der Waals surface area contributed by atoms with Crippen LogP contribution in [0.5, 0.6) is 0 Å². The maximum absolute atomic E-state index is 12.8. The molecule has 2 aromatic carbocycles.